The van der Waals surface area contributed by atoms with Gasteiger partial charge in [-0.05, 0) is 52.2 Å². The van der Waals surface area contributed by atoms with Crippen LogP contribution < -0.4 is 20.1 Å². The van der Waals surface area contributed by atoms with E-state index in [0.29, 0.717) is 34.6 Å². The highest BCUT2D eigenvalue weighted by Crippen LogP contribution is 2.29. The summed E-state index contributed by atoms with van der Waals surface area (Å²) in [5, 5.41) is 5.77. The zero-order chi connectivity index (χ0) is 20.7. The number of methoxy groups -OCH3 is 2. The zero-order valence-corrected chi connectivity index (χ0v) is 18.3. The monoisotopic (exact) mass is 470 g/mol. The van der Waals surface area contributed by atoms with Crippen molar-refractivity contribution in [2.24, 2.45) is 0 Å². The molecule has 0 saturated heterocycles. The van der Waals surface area contributed by atoms with E-state index in [1.807, 2.05) is 18.2 Å². The van der Waals surface area contributed by atoms with Crippen LogP contribution >= 0.6 is 15.9 Å². The molecule has 2 aromatic carbocycles. The average Bonchev–Trinajstić information content (AvgIpc) is 2.66. The summed E-state index contributed by atoms with van der Waals surface area (Å²) in [5.74, 6) is 1.10. The molecule has 0 unspecified atom stereocenters. The van der Waals surface area contributed by atoms with E-state index in [0.717, 1.165) is 11.8 Å². The SMILES string of the molecule is COc1ccc(CCNC(=O)CNc2cccc(S(C)(=O)=O)c2Br)cc1OC. The molecule has 0 atom stereocenters. The van der Waals surface area contributed by atoms with Gasteiger partial charge in [0, 0.05) is 12.8 Å². The number of halogens is 1. The lowest BCUT2D eigenvalue weighted by Gasteiger charge is -2.12. The summed E-state index contributed by atoms with van der Waals surface area (Å²) in [4.78, 5) is 12.2. The quantitative estimate of drug-likeness (QED) is 0.584. The van der Waals surface area contributed by atoms with Crippen LogP contribution in [0.25, 0.3) is 0 Å². The van der Waals surface area contributed by atoms with E-state index in [1.54, 1.807) is 26.4 Å². The number of sulfone groups is 1. The Morgan fingerprint density at radius 3 is 2.46 bits per heavy atom. The second-order valence-electron chi connectivity index (χ2n) is 6.03. The van der Waals surface area contributed by atoms with Crippen molar-refractivity contribution in [2.75, 3.05) is 38.9 Å². The van der Waals surface area contributed by atoms with Gasteiger partial charge in [-0.3, -0.25) is 4.79 Å². The van der Waals surface area contributed by atoms with Gasteiger partial charge in [0.25, 0.3) is 0 Å². The number of hydrogen-bond donors (Lipinski definition) is 2. The van der Waals surface area contributed by atoms with Gasteiger partial charge in [0.05, 0.1) is 35.8 Å². The van der Waals surface area contributed by atoms with Gasteiger partial charge in [-0.1, -0.05) is 12.1 Å². The van der Waals surface area contributed by atoms with E-state index >= 15 is 0 Å². The Balaban J connectivity index is 1.87. The van der Waals surface area contributed by atoms with Crippen LogP contribution in [0, 0.1) is 0 Å². The third-order valence-corrected chi connectivity index (χ3v) is 6.24. The number of carbonyl (C=O) groups excluding carboxylic acids is 1. The van der Waals surface area contributed by atoms with Crippen molar-refractivity contribution in [1.82, 2.24) is 5.32 Å². The van der Waals surface area contributed by atoms with Gasteiger partial charge in [-0.2, -0.15) is 0 Å². The minimum absolute atomic E-state index is 0.0255. The lowest BCUT2D eigenvalue weighted by atomic mass is 10.1. The van der Waals surface area contributed by atoms with Gasteiger partial charge >= 0.3 is 0 Å². The Hall–Kier alpha value is -2.26. The Labute approximate surface area is 173 Å². The van der Waals surface area contributed by atoms with Crippen molar-refractivity contribution < 1.29 is 22.7 Å². The second-order valence-corrected chi connectivity index (χ2v) is 8.81. The topological polar surface area (TPSA) is 93.7 Å². The molecule has 7 nitrogen and oxygen atoms in total. The number of rotatable bonds is 9. The third-order valence-electron chi connectivity index (χ3n) is 3.99. The van der Waals surface area contributed by atoms with E-state index in [1.165, 1.54) is 6.07 Å². The third kappa shape index (κ3) is 5.87. The molecule has 0 heterocycles. The van der Waals surface area contributed by atoms with E-state index < -0.39 is 9.84 Å². The maximum Gasteiger partial charge on any atom is 0.239 e. The number of carbonyl (C=O) groups is 1. The second kappa shape index (κ2) is 9.79. The van der Waals surface area contributed by atoms with Crippen molar-refractivity contribution in [3.05, 3.63) is 46.4 Å². The lowest BCUT2D eigenvalue weighted by molar-refractivity contribution is -0.119. The van der Waals surface area contributed by atoms with Crippen LogP contribution in [-0.4, -0.2) is 47.9 Å². The molecule has 0 radical (unpaired) electrons. The predicted octanol–water partition coefficient (Wildman–Crippen LogP) is 2.64. The minimum Gasteiger partial charge on any atom is -0.493 e. The van der Waals surface area contributed by atoms with E-state index in [9.17, 15) is 13.2 Å². The molecule has 0 fully saturated rings. The van der Waals surface area contributed by atoms with Crippen LogP contribution in [-0.2, 0) is 21.1 Å². The largest absolute Gasteiger partial charge is 0.493 e. The van der Waals surface area contributed by atoms with Crippen molar-refractivity contribution in [1.29, 1.82) is 0 Å². The summed E-state index contributed by atoms with van der Waals surface area (Å²) >= 11 is 3.28. The maximum atomic E-state index is 12.1. The van der Waals surface area contributed by atoms with Crippen LogP contribution in [0.5, 0.6) is 11.5 Å². The van der Waals surface area contributed by atoms with Crippen LogP contribution in [0.2, 0.25) is 0 Å². The van der Waals surface area contributed by atoms with Crippen LogP contribution in [0.3, 0.4) is 0 Å². The number of benzene rings is 2. The first-order valence-corrected chi connectivity index (χ1v) is 11.1. The summed E-state index contributed by atoms with van der Waals surface area (Å²) in [7, 11) is -0.203. The molecular formula is C19H23BrN2O5S. The normalized spacial score (nSPS) is 11.0. The van der Waals surface area contributed by atoms with Crippen LogP contribution in [0.15, 0.2) is 45.8 Å². The molecule has 0 saturated carbocycles. The smallest absolute Gasteiger partial charge is 0.239 e. The Morgan fingerprint density at radius 2 is 1.82 bits per heavy atom. The predicted molar refractivity (Wildman–Crippen MR) is 112 cm³/mol. The molecule has 0 aliphatic heterocycles. The summed E-state index contributed by atoms with van der Waals surface area (Å²) in [6.45, 7) is 0.484. The van der Waals surface area contributed by atoms with Crippen molar-refractivity contribution in [3.8, 4) is 11.5 Å². The lowest BCUT2D eigenvalue weighted by Crippen LogP contribution is -2.31. The molecule has 28 heavy (non-hydrogen) atoms. The molecule has 9 heteroatoms. The molecule has 2 aromatic rings. The first kappa shape index (κ1) is 22.0. The number of amides is 1. The van der Waals surface area contributed by atoms with E-state index in [2.05, 4.69) is 26.6 Å². The summed E-state index contributed by atoms with van der Waals surface area (Å²) < 4.78 is 34.4. The minimum atomic E-state index is -3.36. The molecule has 0 aromatic heterocycles. The van der Waals surface area contributed by atoms with Gasteiger partial charge < -0.3 is 20.1 Å². The maximum absolute atomic E-state index is 12.1. The summed E-state index contributed by atoms with van der Waals surface area (Å²) in [6.07, 6.45) is 1.77. The van der Waals surface area contributed by atoms with Crippen molar-refractivity contribution >= 4 is 37.4 Å². The highest BCUT2D eigenvalue weighted by atomic mass is 79.9. The standard InChI is InChI=1S/C19H23BrN2O5S/c1-26-15-8-7-13(11-16(15)27-2)9-10-21-18(23)12-22-14-5-4-6-17(19(14)20)28(3,24)25/h4-8,11,22H,9-10,12H2,1-3H3,(H,21,23). The number of anilines is 1. The van der Waals surface area contributed by atoms with Gasteiger partial charge in [-0.15, -0.1) is 0 Å². The van der Waals surface area contributed by atoms with Crippen molar-refractivity contribution in [3.63, 3.8) is 0 Å². The van der Waals surface area contributed by atoms with E-state index in [-0.39, 0.29) is 17.3 Å². The number of ether oxygens (including phenoxy) is 2. The van der Waals surface area contributed by atoms with Gasteiger partial charge in [0.1, 0.15) is 0 Å². The fourth-order valence-electron chi connectivity index (χ4n) is 2.55. The Bertz CT molecular complexity index is 947. The molecule has 2 rings (SSSR count). The van der Waals surface area contributed by atoms with E-state index in [4.69, 9.17) is 9.47 Å². The number of nitrogens with one attached hydrogen (secondary N) is 2. The molecule has 152 valence electrons. The zero-order valence-electron chi connectivity index (χ0n) is 15.9. The first-order chi connectivity index (χ1) is 13.3. The average molecular weight is 471 g/mol. The first-order valence-electron chi connectivity index (χ1n) is 8.46. The number of hydrogen-bond acceptors (Lipinski definition) is 6. The van der Waals surface area contributed by atoms with Gasteiger partial charge in [-0.25, -0.2) is 8.42 Å². The molecule has 1 amide bonds. The fraction of sp³-hybridized carbons (Fsp3) is 0.316. The molecule has 2 N–H and O–H groups in total. The van der Waals surface area contributed by atoms with Crippen LogP contribution in [0.4, 0.5) is 5.69 Å². The highest BCUT2D eigenvalue weighted by Gasteiger charge is 2.15. The van der Waals surface area contributed by atoms with Crippen molar-refractivity contribution in [2.45, 2.75) is 11.3 Å². The molecular weight excluding hydrogens is 448 g/mol. The highest BCUT2D eigenvalue weighted by molar-refractivity contribution is 9.10. The summed E-state index contributed by atoms with van der Waals surface area (Å²) in [5.41, 5.74) is 1.55. The fourth-order valence-corrected chi connectivity index (χ4v) is 4.60. The van der Waals surface area contributed by atoms with Gasteiger partial charge in [0.2, 0.25) is 5.91 Å². The summed E-state index contributed by atoms with van der Waals surface area (Å²) in [6, 6.07) is 10.4. The molecule has 0 spiro atoms. The van der Waals surface area contributed by atoms with Crippen LogP contribution in [0.1, 0.15) is 5.56 Å². The van der Waals surface area contributed by atoms with Gasteiger partial charge in [0.15, 0.2) is 21.3 Å². The Kier molecular flexibility index (Phi) is 7.70. The molecule has 0 aliphatic rings. The molecule has 0 bridgehead atoms. The molecule has 0 aliphatic carbocycles. The Morgan fingerprint density at radius 1 is 1.11 bits per heavy atom.